The molecule has 3 atom stereocenters. The zero-order valence-corrected chi connectivity index (χ0v) is 15.1. The highest BCUT2D eigenvalue weighted by molar-refractivity contribution is 6.06. The van der Waals surface area contributed by atoms with E-state index in [0.29, 0.717) is 12.3 Å². The molecule has 1 amide bonds. The van der Waals surface area contributed by atoms with Crippen LogP contribution >= 0.6 is 0 Å². The predicted octanol–water partition coefficient (Wildman–Crippen LogP) is 2.52. The Hall–Kier alpha value is -1.82. The molecule has 0 aromatic carbocycles. The maximum atomic E-state index is 12.9. The van der Waals surface area contributed by atoms with Crippen molar-refractivity contribution in [1.29, 1.82) is 0 Å². The molecule has 1 heterocycles. The van der Waals surface area contributed by atoms with Crippen LogP contribution in [0.2, 0.25) is 0 Å². The van der Waals surface area contributed by atoms with Crippen molar-refractivity contribution in [3.05, 3.63) is 24.0 Å². The summed E-state index contributed by atoms with van der Waals surface area (Å²) in [4.78, 5) is 18.9. The minimum absolute atomic E-state index is 0.0484. The Bertz CT molecular complexity index is 607. The van der Waals surface area contributed by atoms with Crippen molar-refractivity contribution < 1.29 is 14.6 Å². The van der Waals surface area contributed by atoms with Gasteiger partial charge in [-0.3, -0.25) is 9.69 Å². The molecule has 1 saturated carbocycles. The number of carbonyl (C=O) groups excluding carboxylic acids is 1. The first-order valence-corrected chi connectivity index (χ1v) is 9.25. The van der Waals surface area contributed by atoms with E-state index in [9.17, 15) is 9.90 Å². The smallest absolute Gasteiger partial charge is 0.259 e. The van der Waals surface area contributed by atoms with Crippen LogP contribution < -0.4 is 5.73 Å². The Morgan fingerprint density at radius 3 is 2.72 bits per heavy atom. The number of likely N-dealkylation sites (N-methyl/N-ethyl adjacent to an activating group) is 1. The quantitative estimate of drug-likeness (QED) is 0.800. The molecule has 3 unspecified atom stereocenters. The normalized spacial score (nSPS) is 33.5. The SMILES string of the molecule is CC1C=C(O)C=CC1OCC1(CC2CCCCC2)N=C(N)N(C)C1=O. The Kier molecular flexibility index (Phi) is 5.18. The topological polar surface area (TPSA) is 88.2 Å². The van der Waals surface area contributed by atoms with E-state index in [4.69, 9.17) is 10.5 Å². The van der Waals surface area contributed by atoms with E-state index >= 15 is 0 Å². The van der Waals surface area contributed by atoms with Crippen molar-refractivity contribution in [3.63, 3.8) is 0 Å². The number of allylic oxidation sites excluding steroid dienone is 1. The average molecular weight is 347 g/mol. The molecule has 138 valence electrons. The molecular formula is C19H29N3O3. The number of guanidine groups is 1. The van der Waals surface area contributed by atoms with E-state index in [1.54, 1.807) is 19.2 Å². The summed E-state index contributed by atoms with van der Waals surface area (Å²) in [6, 6.07) is 0. The summed E-state index contributed by atoms with van der Waals surface area (Å²) in [5.74, 6) is 0.999. The summed E-state index contributed by atoms with van der Waals surface area (Å²) >= 11 is 0. The minimum atomic E-state index is -0.905. The van der Waals surface area contributed by atoms with Crippen molar-refractivity contribution in [2.45, 2.75) is 57.1 Å². The number of ether oxygens (including phenoxy) is 1. The number of aliphatic imine (C=N–C) groups is 1. The number of nitrogens with two attached hydrogens (primary N) is 1. The van der Waals surface area contributed by atoms with Crippen molar-refractivity contribution in [2.75, 3.05) is 13.7 Å². The molecule has 6 heteroatoms. The molecule has 3 N–H and O–H groups in total. The van der Waals surface area contributed by atoms with Gasteiger partial charge in [0, 0.05) is 13.0 Å². The highest BCUT2D eigenvalue weighted by atomic mass is 16.5. The second-order valence-electron chi connectivity index (χ2n) is 7.66. The predicted molar refractivity (Wildman–Crippen MR) is 97.1 cm³/mol. The zero-order valence-electron chi connectivity index (χ0n) is 15.1. The van der Waals surface area contributed by atoms with Gasteiger partial charge in [0.25, 0.3) is 5.91 Å². The third-order valence-corrected chi connectivity index (χ3v) is 5.65. The summed E-state index contributed by atoms with van der Waals surface area (Å²) in [5, 5.41) is 9.58. The van der Waals surface area contributed by atoms with E-state index in [-0.39, 0.29) is 36.3 Å². The minimum Gasteiger partial charge on any atom is -0.508 e. The number of aliphatic hydroxyl groups is 1. The van der Waals surface area contributed by atoms with Crippen LogP contribution in [0, 0.1) is 11.8 Å². The molecule has 25 heavy (non-hydrogen) atoms. The lowest BCUT2D eigenvalue weighted by atomic mass is 9.79. The Morgan fingerprint density at radius 2 is 2.12 bits per heavy atom. The standard InChI is InChI=1S/C19H29N3O3/c1-13-10-15(23)8-9-16(13)25-12-19(11-14-6-4-3-5-7-14)17(24)22(2)18(20)21-19/h8-10,13-14,16,23H,3-7,11-12H2,1-2H3,(H2,20,21). The third-order valence-electron chi connectivity index (χ3n) is 5.65. The molecule has 0 radical (unpaired) electrons. The molecule has 0 aromatic rings. The summed E-state index contributed by atoms with van der Waals surface area (Å²) in [5.41, 5.74) is 5.04. The second kappa shape index (κ2) is 7.20. The summed E-state index contributed by atoms with van der Waals surface area (Å²) in [7, 11) is 1.67. The number of aliphatic hydroxyl groups excluding tert-OH is 1. The fourth-order valence-electron chi connectivity index (χ4n) is 4.14. The van der Waals surface area contributed by atoms with Gasteiger partial charge in [0.1, 0.15) is 5.76 Å². The molecule has 0 saturated heterocycles. The zero-order chi connectivity index (χ0) is 18.0. The highest BCUT2D eigenvalue weighted by Gasteiger charge is 2.48. The average Bonchev–Trinajstić information content (AvgIpc) is 2.79. The van der Waals surface area contributed by atoms with Crippen LogP contribution in [-0.2, 0) is 9.53 Å². The fraction of sp³-hybridized carbons (Fsp3) is 0.684. The Balaban J connectivity index is 1.73. The van der Waals surface area contributed by atoms with Gasteiger partial charge in [-0.25, -0.2) is 4.99 Å². The number of nitrogens with zero attached hydrogens (tertiary/aromatic N) is 2. The number of amides is 1. The van der Waals surface area contributed by atoms with Gasteiger partial charge < -0.3 is 15.6 Å². The van der Waals surface area contributed by atoms with E-state index in [2.05, 4.69) is 4.99 Å². The van der Waals surface area contributed by atoms with Crippen molar-refractivity contribution >= 4 is 11.9 Å². The molecule has 0 bridgehead atoms. The molecule has 2 aliphatic carbocycles. The van der Waals surface area contributed by atoms with Gasteiger partial charge >= 0.3 is 0 Å². The monoisotopic (exact) mass is 347 g/mol. The fourth-order valence-corrected chi connectivity index (χ4v) is 4.14. The van der Waals surface area contributed by atoms with Crippen LogP contribution in [0.15, 0.2) is 29.0 Å². The first-order valence-electron chi connectivity index (χ1n) is 9.25. The van der Waals surface area contributed by atoms with Crippen LogP contribution in [0.5, 0.6) is 0 Å². The van der Waals surface area contributed by atoms with Crippen LogP contribution in [0.4, 0.5) is 0 Å². The van der Waals surface area contributed by atoms with Crippen molar-refractivity contribution in [2.24, 2.45) is 22.6 Å². The van der Waals surface area contributed by atoms with Gasteiger partial charge in [-0.05, 0) is 24.5 Å². The Labute approximate surface area is 149 Å². The lowest BCUT2D eigenvalue weighted by molar-refractivity contribution is -0.134. The van der Waals surface area contributed by atoms with Crippen LogP contribution in [0.3, 0.4) is 0 Å². The van der Waals surface area contributed by atoms with Gasteiger partial charge in [-0.1, -0.05) is 45.1 Å². The first kappa shape index (κ1) is 18.0. The van der Waals surface area contributed by atoms with Crippen molar-refractivity contribution in [3.8, 4) is 0 Å². The van der Waals surface area contributed by atoms with E-state index < -0.39 is 5.54 Å². The highest BCUT2D eigenvalue weighted by Crippen LogP contribution is 2.36. The van der Waals surface area contributed by atoms with E-state index in [1.807, 2.05) is 13.0 Å². The van der Waals surface area contributed by atoms with Crippen molar-refractivity contribution in [1.82, 2.24) is 4.90 Å². The maximum absolute atomic E-state index is 12.9. The lowest BCUT2D eigenvalue weighted by Gasteiger charge is -2.33. The Morgan fingerprint density at radius 1 is 1.40 bits per heavy atom. The lowest BCUT2D eigenvalue weighted by Crippen LogP contribution is -2.47. The van der Waals surface area contributed by atoms with Gasteiger partial charge in [0.15, 0.2) is 11.5 Å². The molecule has 3 rings (SSSR count). The van der Waals surface area contributed by atoms with Crippen LogP contribution in [0.1, 0.15) is 45.4 Å². The second-order valence-corrected chi connectivity index (χ2v) is 7.66. The van der Waals surface area contributed by atoms with Gasteiger partial charge in [0.2, 0.25) is 0 Å². The van der Waals surface area contributed by atoms with Gasteiger partial charge in [-0.15, -0.1) is 0 Å². The molecule has 0 spiro atoms. The molecular weight excluding hydrogens is 318 g/mol. The number of rotatable bonds is 5. The third kappa shape index (κ3) is 3.73. The molecule has 1 aliphatic heterocycles. The number of hydrogen-bond acceptors (Lipinski definition) is 5. The number of hydrogen-bond donors (Lipinski definition) is 2. The van der Waals surface area contributed by atoms with Gasteiger partial charge in [-0.2, -0.15) is 0 Å². The molecule has 6 nitrogen and oxygen atoms in total. The van der Waals surface area contributed by atoms with E-state index in [0.717, 1.165) is 12.8 Å². The van der Waals surface area contributed by atoms with Gasteiger partial charge in [0.05, 0.1) is 12.7 Å². The maximum Gasteiger partial charge on any atom is 0.259 e. The molecule has 3 aliphatic rings. The summed E-state index contributed by atoms with van der Waals surface area (Å²) < 4.78 is 6.09. The van der Waals surface area contributed by atoms with Crippen LogP contribution in [0.25, 0.3) is 0 Å². The number of carbonyl (C=O) groups is 1. The molecule has 0 aromatic heterocycles. The summed E-state index contributed by atoms with van der Waals surface area (Å²) in [6.07, 6.45) is 11.8. The first-order chi connectivity index (χ1) is 11.9. The van der Waals surface area contributed by atoms with Crippen LogP contribution in [-0.4, -0.2) is 47.2 Å². The largest absolute Gasteiger partial charge is 0.508 e. The summed E-state index contributed by atoms with van der Waals surface area (Å²) in [6.45, 7) is 2.21. The molecule has 1 fully saturated rings. The van der Waals surface area contributed by atoms with E-state index in [1.165, 1.54) is 24.2 Å².